The predicted molar refractivity (Wildman–Crippen MR) is 117 cm³/mol. The van der Waals surface area contributed by atoms with Crippen molar-refractivity contribution in [3.63, 3.8) is 0 Å². The van der Waals surface area contributed by atoms with E-state index in [2.05, 4.69) is 25.2 Å². The number of nitrogens with two attached hydrogens (primary N) is 1. The number of aliphatic hydroxyl groups is 1. The zero-order valence-corrected chi connectivity index (χ0v) is 19.1. The lowest BCUT2D eigenvalue weighted by Crippen LogP contribution is -2.35. The van der Waals surface area contributed by atoms with Crippen LogP contribution >= 0.6 is 0 Å². The third kappa shape index (κ3) is 4.38. The fraction of sp³-hybridized carbons (Fsp3) is 0.429. The van der Waals surface area contributed by atoms with E-state index in [1.165, 1.54) is 23.3 Å². The van der Waals surface area contributed by atoms with Gasteiger partial charge in [-0.3, -0.25) is 4.79 Å². The molecule has 11 nitrogen and oxygen atoms in total. The Balaban J connectivity index is 1.44. The minimum Gasteiger partial charge on any atom is -0.382 e. The fourth-order valence-electron chi connectivity index (χ4n) is 3.47. The molecule has 3 aromatic heterocycles. The first-order valence-electron chi connectivity index (χ1n) is 10.6. The third-order valence-electron chi connectivity index (χ3n) is 5.52. The first kappa shape index (κ1) is 23.4. The summed E-state index contributed by atoms with van der Waals surface area (Å²) >= 11 is 0. The average Bonchev–Trinajstić information content (AvgIpc) is 3.41. The van der Waals surface area contributed by atoms with E-state index in [-0.39, 0.29) is 40.3 Å². The second-order valence-corrected chi connectivity index (χ2v) is 8.66. The number of aromatic nitrogens is 6. The predicted octanol–water partition coefficient (Wildman–Crippen LogP) is 2.23. The van der Waals surface area contributed by atoms with Gasteiger partial charge in [0.2, 0.25) is 11.8 Å². The van der Waals surface area contributed by atoms with Gasteiger partial charge in [-0.1, -0.05) is 5.16 Å². The first-order valence-corrected chi connectivity index (χ1v) is 10.6. The number of rotatable bonds is 7. The molecule has 0 unspecified atom stereocenters. The monoisotopic (exact) mass is 474 g/mol. The van der Waals surface area contributed by atoms with Crippen molar-refractivity contribution in [1.82, 2.24) is 34.6 Å². The summed E-state index contributed by atoms with van der Waals surface area (Å²) in [5, 5.41) is 18.1. The van der Waals surface area contributed by atoms with Crippen LogP contribution in [0.2, 0.25) is 0 Å². The number of fused-ring (bicyclic) bond motifs is 3. The van der Waals surface area contributed by atoms with Crippen molar-refractivity contribution in [2.24, 2.45) is 0 Å². The number of nitrogen functional groups attached to an aromatic ring is 1. The largest absolute Gasteiger partial charge is 0.382 e. The van der Waals surface area contributed by atoms with Crippen molar-refractivity contribution >= 4 is 28.4 Å². The summed E-state index contributed by atoms with van der Waals surface area (Å²) < 4.78 is 34.1. The molecule has 1 atom stereocenters. The van der Waals surface area contributed by atoms with Crippen LogP contribution < -0.4 is 5.73 Å². The summed E-state index contributed by atoms with van der Waals surface area (Å²) in [5.41, 5.74) is 4.70. The van der Waals surface area contributed by atoms with E-state index < -0.39 is 23.1 Å². The molecule has 180 valence electrons. The van der Waals surface area contributed by atoms with Gasteiger partial charge in [-0.2, -0.15) is 9.50 Å². The van der Waals surface area contributed by atoms with Crippen molar-refractivity contribution in [3.8, 4) is 0 Å². The molecule has 1 amide bonds. The van der Waals surface area contributed by atoms with Gasteiger partial charge in [0.15, 0.2) is 17.3 Å². The highest BCUT2D eigenvalue weighted by atomic mass is 19.1. The number of nitrogens with zero attached hydrogens (tertiary/aromatic N) is 7. The van der Waals surface area contributed by atoms with E-state index in [1.54, 1.807) is 7.05 Å². The van der Waals surface area contributed by atoms with Crippen LogP contribution in [0.25, 0.3) is 16.6 Å². The van der Waals surface area contributed by atoms with Gasteiger partial charge >= 0.3 is 11.8 Å². The molecule has 0 spiro atoms. The number of carbonyl (C=O) groups excluding carboxylic acids is 1. The average molecular weight is 474 g/mol. The van der Waals surface area contributed by atoms with E-state index in [1.807, 2.05) is 6.92 Å². The van der Waals surface area contributed by atoms with E-state index in [0.29, 0.717) is 25.1 Å². The summed E-state index contributed by atoms with van der Waals surface area (Å²) in [6.45, 7) is 4.85. The molecule has 0 saturated heterocycles. The summed E-state index contributed by atoms with van der Waals surface area (Å²) in [7, 11) is 1.62. The summed E-state index contributed by atoms with van der Waals surface area (Å²) in [5.74, 6) is -1.85. The number of benzene rings is 1. The van der Waals surface area contributed by atoms with Crippen LogP contribution in [0.5, 0.6) is 0 Å². The number of amides is 1. The first-order chi connectivity index (χ1) is 16.0. The van der Waals surface area contributed by atoms with Crippen LogP contribution in [0.1, 0.15) is 55.9 Å². The van der Waals surface area contributed by atoms with Gasteiger partial charge in [-0.25, -0.2) is 18.7 Å². The molecule has 34 heavy (non-hydrogen) atoms. The second kappa shape index (κ2) is 8.56. The number of anilines is 1. The standard InChI is InChI=1S/C21H24F2N8O3/c1-10(30(4)18(32)17-27-19(29-34-17)21(2,3)33)6-5-7-14-25-16-12-8-11(22)9-13(23)15(12)26-20(24)31(16)28-14/h8-10,33H,5-7H2,1-4H3,(H2,24,26)/t10-/m0/s1. The van der Waals surface area contributed by atoms with Crippen LogP contribution in [-0.2, 0) is 12.0 Å². The third-order valence-corrected chi connectivity index (χ3v) is 5.52. The van der Waals surface area contributed by atoms with E-state index in [4.69, 9.17) is 10.3 Å². The highest BCUT2D eigenvalue weighted by Crippen LogP contribution is 2.24. The fourth-order valence-corrected chi connectivity index (χ4v) is 3.47. The smallest absolute Gasteiger partial charge is 0.316 e. The minimum absolute atomic E-state index is 0.0240. The van der Waals surface area contributed by atoms with E-state index in [0.717, 1.165) is 12.1 Å². The maximum atomic E-state index is 14.1. The number of hydrogen-bond acceptors (Lipinski definition) is 9. The zero-order chi connectivity index (χ0) is 24.8. The maximum absolute atomic E-state index is 14.1. The van der Waals surface area contributed by atoms with Crippen LogP contribution in [0.3, 0.4) is 0 Å². The lowest BCUT2D eigenvalue weighted by atomic mass is 10.1. The zero-order valence-electron chi connectivity index (χ0n) is 19.1. The Bertz CT molecular complexity index is 1380. The molecule has 0 aliphatic rings. The van der Waals surface area contributed by atoms with Crippen molar-refractivity contribution in [2.45, 2.75) is 51.7 Å². The van der Waals surface area contributed by atoms with Gasteiger partial charge in [0.25, 0.3) is 0 Å². The molecule has 3 N–H and O–H groups in total. The van der Waals surface area contributed by atoms with Crippen LogP contribution in [0.15, 0.2) is 16.7 Å². The molecule has 0 radical (unpaired) electrons. The molecule has 13 heteroatoms. The molecule has 0 aliphatic carbocycles. The van der Waals surface area contributed by atoms with Crippen molar-refractivity contribution in [3.05, 3.63) is 41.3 Å². The van der Waals surface area contributed by atoms with Crippen molar-refractivity contribution < 1.29 is 23.2 Å². The van der Waals surface area contributed by atoms with E-state index in [9.17, 15) is 18.7 Å². The SMILES string of the molecule is C[C@@H](CCCc1nc2c3cc(F)cc(F)c3nc(N)n2n1)N(C)C(=O)c1nc(C(C)(C)O)no1. The Kier molecular flexibility index (Phi) is 5.89. The normalized spacial score (nSPS) is 13.0. The molecule has 4 aromatic rings. The maximum Gasteiger partial charge on any atom is 0.316 e. The van der Waals surface area contributed by atoms with Gasteiger partial charge in [-0.15, -0.1) is 5.10 Å². The Hall–Kier alpha value is -3.74. The molecule has 0 bridgehead atoms. The number of hydrogen-bond donors (Lipinski definition) is 2. The Morgan fingerprint density at radius 3 is 2.71 bits per heavy atom. The number of halogens is 2. The molecular weight excluding hydrogens is 450 g/mol. The molecule has 3 heterocycles. The van der Waals surface area contributed by atoms with E-state index >= 15 is 0 Å². The Morgan fingerprint density at radius 2 is 2.03 bits per heavy atom. The van der Waals surface area contributed by atoms with Crippen molar-refractivity contribution in [1.29, 1.82) is 0 Å². The van der Waals surface area contributed by atoms with Crippen LogP contribution in [0, 0.1) is 11.6 Å². The summed E-state index contributed by atoms with van der Waals surface area (Å²) in [6, 6.07) is 1.70. The number of carbonyl (C=O) groups is 1. The highest BCUT2D eigenvalue weighted by Gasteiger charge is 2.28. The topological polar surface area (TPSA) is 149 Å². The summed E-state index contributed by atoms with van der Waals surface area (Å²) in [4.78, 5) is 26.4. The van der Waals surface area contributed by atoms with Gasteiger partial charge in [-0.05, 0) is 39.7 Å². The molecule has 0 fully saturated rings. The molecular formula is C21H24F2N8O3. The minimum atomic E-state index is -1.32. The molecule has 4 rings (SSSR count). The lowest BCUT2D eigenvalue weighted by molar-refractivity contribution is 0.0653. The van der Waals surface area contributed by atoms with Crippen LogP contribution in [-0.4, -0.2) is 58.7 Å². The quantitative estimate of drug-likeness (QED) is 0.411. The Labute approximate surface area is 192 Å². The molecule has 1 aromatic carbocycles. The van der Waals surface area contributed by atoms with Crippen molar-refractivity contribution in [2.75, 3.05) is 12.8 Å². The summed E-state index contributed by atoms with van der Waals surface area (Å²) in [6.07, 6.45) is 1.65. The van der Waals surface area contributed by atoms with Gasteiger partial charge in [0, 0.05) is 25.6 Å². The van der Waals surface area contributed by atoms with Gasteiger partial charge in [0.05, 0.1) is 5.39 Å². The van der Waals surface area contributed by atoms with Crippen LogP contribution in [0.4, 0.5) is 14.7 Å². The van der Waals surface area contributed by atoms with Gasteiger partial charge < -0.3 is 20.3 Å². The van der Waals surface area contributed by atoms with Gasteiger partial charge in [0.1, 0.15) is 16.9 Å². The second-order valence-electron chi connectivity index (χ2n) is 8.66. The molecule has 0 saturated carbocycles. The number of aryl methyl sites for hydroxylation is 1. The Morgan fingerprint density at radius 1 is 1.29 bits per heavy atom. The molecule has 0 aliphatic heterocycles. The highest BCUT2D eigenvalue weighted by molar-refractivity contribution is 5.92. The lowest BCUT2D eigenvalue weighted by Gasteiger charge is -2.23.